The molecule has 6 nitrogen and oxygen atoms in total. The van der Waals surface area contributed by atoms with Crippen molar-refractivity contribution >= 4 is 11.6 Å². The molecule has 1 aliphatic rings. The Kier molecular flexibility index (Phi) is 6.54. The number of rotatable bonds is 7. The minimum atomic E-state index is -0.593. The molecule has 0 spiro atoms. The molecule has 1 amide bonds. The third kappa shape index (κ3) is 5.37. The zero-order chi connectivity index (χ0) is 19.1. The molecule has 1 fully saturated rings. The average Bonchev–Trinajstić information content (AvgIpc) is 2.73. The van der Waals surface area contributed by atoms with Crippen molar-refractivity contribution in [3.05, 3.63) is 54.1 Å². The highest BCUT2D eigenvalue weighted by Crippen LogP contribution is 2.20. The fourth-order valence-corrected chi connectivity index (χ4v) is 2.91. The number of nitrogens with one attached hydrogen (secondary N) is 1. The summed E-state index contributed by atoms with van der Waals surface area (Å²) in [6, 6.07) is 15.5. The van der Waals surface area contributed by atoms with Gasteiger partial charge in [-0.15, -0.1) is 0 Å². The normalized spacial score (nSPS) is 15.1. The lowest BCUT2D eigenvalue weighted by atomic mass is 10.2. The van der Waals surface area contributed by atoms with Gasteiger partial charge in [0.2, 0.25) is 0 Å². The summed E-state index contributed by atoms with van der Waals surface area (Å²) < 4.78 is 16.2. The Morgan fingerprint density at radius 2 is 1.85 bits per heavy atom. The van der Waals surface area contributed by atoms with Crippen molar-refractivity contribution < 1.29 is 19.0 Å². The SMILES string of the molecule is COc1cccc(OC(C)C(=O)NCc2ccc(N3CCOCC3)cc2)c1. The van der Waals surface area contributed by atoms with Gasteiger partial charge >= 0.3 is 0 Å². The third-order valence-electron chi connectivity index (χ3n) is 4.50. The van der Waals surface area contributed by atoms with E-state index in [0.29, 0.717) is 18.0 Å². The molecule has 1 atom stereocenters. The zero-order valence-electron chi connectivity index (χ0n) is 15.8. The number of anilines is 1. The molecule has 0 aromatic heterocycles. The number of benzene rings is 2. The molecule has 144 valence electrons. The monoisotopic (exact) mass is 370 g/mol. The van der Waals surface area contributed by atoms with E-state index in [0.717, 1.165) is 31.9 Å². The topological polar surface area (TPSA) is 60.0 Å². The summed E-state index contributed by atoms with van der Waals surface area (Å²) in [6.07, 6.45) is -0.593. The summed E-state index contributed by atoms with van der Waals surface area (Å²) in [6.45, 7) is 5.56. The molecule has 0 bridgehead atoms. The van der Waals surface area contributed by atoms with Crippen LogP contribution in [0.2, 0.25) is 0 Å². The second-order valence-corrected chi connectivity index (χ2v) is 6.42. The van der Waals surface area contributed by atoms with E-state index < -0.39 is 6.10 Å². The molecule has 0 radical (unpaired) electrons. The number of methoxy groups -OCH3 is 1. The number of nitrogens with zero attached hydrogens (tertiary/aromatic N) is 1. The van der Waals surface area contributed by atoms with Gasteiger partial charge in [0, 0.05) is 31.4 Å². The van der Waals surface area contributed by atoms with Gasteiger partial charge in [-0.3, -0.25) is 4.79 Å². The number of morpholine rings is 1. The number of hydrogen-bond acceptors (Lipinski definition) is 5. The number of hydrogen-bond donors (Lipinski definition) is 1. The summed E-state index contributed by atoms with van der Waals surface area (Å²) in [4.78, 5) is 14.6. The molecule has 1 unspecified atom stereocenters. The van der Waals surface area contributed by atoms with Crippen LogP contribution in [-0.2, 0) is 16.1 Å². The summed E-state index contributed by atoms with van der Waals surface area (Å²) in [7, 11) is 1.60. The summed E-state index contributed by atoms with van der Waals surface area (Å²) in [5.74, 6) is 1.14. The second-order valence-electron chi connectivity index (χ2n) is 6.42. The zero-order valence-corrected chi connectivity index (χ0v) is 15.8. The molecule has 2 aromatic rings. The predicted molar refractivity (Wildman–Crippen MR) is 104 cm³/mol. The van der Waals surface area contributed by atoms with Crippen molar-refractivity contribution in [3.8, 4) is 11.5 Å². The van der Waals surface area contributed by atoms with Crippen LogP contribution in [0.1, 0.15) is 12.5 Å². The van der Waals surface area contributed by atoms with E-state index >= 15 is 0 Å². The Bertz CT molecular complexity index is 742. The van der Waals surface area contributed by atoms with Crippen molar-refractivity contribution in [2.45, 2.75) is 19.6 Å². The van der Waals surface area contributed by atoms with E-state index in [1.807, 2.05) is 24.3 Å². The largest absolute Gasteiger partial charge is 0.497 e. The minimum absolute atomic E-state index is 0.157. The molecular formula is C21H26N2O4. The van der Waals surface area contributed by atoms with E-state index in [9.17, 15) is 4.79 Å². The standard InChI is InChI=1S/C21H26N2O4/c1-16(27-20-5-3-4-19(14-20)25-2)21(24)22-15-17-6-8-18(9-7-17)23-10-12-26-13-11-23/h3-9,14,16H,10-13,15H2,1-2H3,(H,22,24). The van der Waals surface area contributed by atoms with Gasteiger partial charge in [-0.1, -0.05) is 18.2 Å². The van der Waals surface area contributed by atoms with Crippen molar-refractivity contribution in [2.24, 2.45) is 0 Å². The lowest BCUT2D eigenvalue weighted by molar-refractivity contribution is -0.127. The maximum Gasteiger partial charge on any atom is 0.261 e. The van der Waals surface area contributed by atoms with Crippen molar-refractivity contribution in [3.63, 3.8) is 0 Å². The molecule has 6 heteroatoms. The van der Waals surface area contributed by atoms with Crippen LogP contribution in [0.3, 0.4) is 0 Å². The molecular weight excluding hydrogens is 344 g/mol. The first-order valence-corrected chi connectivity index (χ1v) is 9.16. The van der Waals surface area contributed by atoms with Crippen LogP contribution in [-0.4, -0.2) is 45.4 Å². The van der Waals surface area contributed by atoms with E-state index in [1.54, 1.807) is 26.2 Å². The molecule has 1 heterocycles. The van der Waals surface area contributed by atoms with Gasteiger partial charge in [-0.2, -0.15) is 0 Å². The van der Waals surface area contributed by atoms with Crippen LogP contribution >= 0.6 is 0 Å². The molecule has 27 heavy (non-hydrogen) atoms. The molecule has 1 aliphatic heterocycles. The fraction of sp³-hybridized carbons (Fsp3) is 0.381. The highest BCUT2D eigenvalue weighted by atomic mass is 16.5. The van der Waals surface area contributed by atoms with Crippen LogP contribution < -0.4 is 19.7 Å². The molecule has 2 aromatic carbocycles. The first-order chi connectivity index (χ1) is 13.2. The van der Waals surface area contributed by atoms with Gasteiger partial charge in [0.05, 0.1) is 20.3 Å². The van der Waals surface area contributed by atoms with Crippen molar-refractivity contribution in [2.75, 3.05) is 38.3 Å². The maximum atomic E-state index is 12.3. The fourth-order valence-electron chi connectivity index (χ4n) is 2.91. The highest BCUT2D eigenvalue weighted by molar-refractivity contribution is 5.80. The highest BCUT2D eigenvalue weighted by Gasteiger charge is 2.15. The van der Waals surface area contributed by atoms with E-state index in [-0.39, 0.29) is 5.91 Å². The molecule has 1 saturated heterocycles. The van der Waals surface area contributed by atoms with Crippen LogP contribution in [0.15, 0.2) is 48.5 Å². The van der Waals surface area contributed by atoms with Gasteiger partial charge in [-0.05, 0) is 36.8 Å². The quantitative estimate of drug-likeness (QED) is 0.812. The Balaban J connectivity index is 1.49. The molecule has 1 N–H and O–H groups in total. The Labute approximate surface area is 160 Å². The minimum Gasteiger partial charge on any atom is -0.497 e. The molecule has 0 aliphatic carbocycles. The van der Waals surface area contributed by atoms with E-state index in [4.69, 9.17) is 14.2 Å². The van der Waals surface area contributed by atoms with Crippen LogP contribution in [0, 0.1) is 0 Å². The van der Waals surface area contributed by atoms with Crippen LogP contribution in [0.5, 0.6) is 11.5 Å². The smallest absolute Gasteiger partial charge is 0.261 e. The van der Waals surface area contributed by atoms with Gasteiger partial charge in [0.25, 0.3) is 5.91 Å². The molecule has 0 saturated carbocycles. The lowest BCUT2D eigenvalue weighted by Gasteiger charge is -2.28. The predicted octanol–water partition coefficient (Wildman–Crippen LogP) is 2.62. The average molecular weight is 370 g/mol. The van der Waals surface area contributed by atoms with Crippen molar-refractivity contribution in [1.82, 2.24) is 5.32 Å². The van der Waals surface area contributed by atoms with Crippen LogP contribution in [0.4, 0.5) is 5.69 Å². The van der Waals surface area contributed by atoms with Crippen molar-refractivity contribution in [1.29, 1.82) is 0 Å². The summed E-state index contributed by atoms with van der Waals surface area (Å²) >= 11 is 0. The molecule has 3 rings (SSSR count). The van der Waals surface area contributed by atoms with Gasteiger partial charge < -0.3 is 24.4 Å². The van der Waals surface area contributed by atoms with E-state index in [2.05, 4.69) is 22.3 Å². The number of ether oxygens (including phenoxy) is 3. The summed E-state index contributed by atoms with van der Waals surface area (Å²) in [5, 5.41) is 2.92. The maximum absolute atomic E-state index is 12.3. The Hall–Kier alpha value is -2.73. The van der Waals surface area contributed by atoms with Gasteiger partial charge in [0.15, 0.2) is 6.10 Å². The first kappa shape index (κ1) is 19.0. The number of carbonyl (C=O) groups is 1. The van der Waals surface area contributed by atoms with Gasteiger partial charge in [-0.25, -0.2) is 0 Å². The Morgan fingerprint density at radius 3 is 2.56 bits per heavy atom. The number of carbonyl (C=O) groups excluding carboxylic acids is 1. The lowest BCUT2D eigenvalue weighted by Crippen LogP contribution is -2.36. The third-order valence-corrected chi connectivity index (χ3v) is 4.50. The Morgan fingerprint density at radius 1 is 1.15 bits per heavy atom. The van der Waals surface area contributed by atoms with Gasteiger partial charge in [0.1, 0.15) is 11.5 Å². The second kappa shape index (κ2) is 9.28. The van der Waals surface area contributed by atoms with E-state index in [1.165, 1.54) is 5.69 Å². The summed E-state index contributed by atoms with van der Waals surface area (Å²) in [5.41, 5.74) is 2.23. The first-order valence-electron chi connectivity index (χ1n) is 9.16. The number of amides is 1. The van der Waals surface area contributed by atoms with Crippen LogP contribution in [0.25, 0.3) is 0 Å².